The molecule has 25 heavy (non-hydrogen) atoms. The summed E-state index contributed by atoms with van der Waals surface area (Å²) in [5.74, 6) is 0.775. The number of benzene rings is 1. The molecule has 0 radical (unpaired) electrons. The van der Waals surface area contributed by atoms with Crippen LogP contribution in [0.2, 0.25) is 0 Å². The summed E-state index contributed by atoms with van der Waals surface area (Å²) in [5.41, 5.74) is 0.866. The van der Waals surface area contributed by atoms with Gasteiger partial charge in [-0.25, -0.2) is 4.39 Å². The van der Waals surface area contributed by atoms with Crippen LogP contribution in [0, 0.1) is 12.7 Å². The average Bonchev–Trinajstić information content (AvgIpc) is 3.30. The van der Waals surface area contributed by atoms with E-state index in [1.54, 1.807) is 25.3 Å². The Bertz CT molecular complexity index is 843. The fraction of sp³-hybridized carbons (Fsp3) is 0.353. The van der Waals surface area contributed by atoms with E-state index in [0.29, 0.717) is 17.3 Å². The second kappa shape index (κ2) is 6.93. The zero-order chi connectivity index (χ0) is 16.6. The SMILES string of the molecule is Cc1cc(-c2noc(C3(n4cccn4)CCNCC3)n2)ccc1F.Cl. The molecular weight excluding hydrogens is 345 g/mol. The van der Waals surface area contributed by atoms with Gasteiger partial charge in [0.1, 0.15) is 11.4 Å². The number of rotatable bonds is 3. The summed E-state index contributed by atoms with van der Waals surface area (Å²) in [6, 6.07) is 6.71. The quantitative estimate of drug-likeness (QED) is 0.774. The zero-order valence-electron chi connectivity index (χ0n) is 13.8. The molecule has 3 aromatic rings. The van der Waals surface area contributed by atoms with Crippen LogP contribution < -0.4 is 5.32 Å². The molecule has 2 aromatic heterocycles. The highest BCUT2D eigenvalue weighted by molar-refractivity contribution is 5.85. The number of nitrogens with zero attached hydrogens (tertiary/aromatic N) is 4. The molecule has 0 aliphatic carbocycles. The van der Waals surface area contributed by atoms with Crippen molar-refractivity contribution in [3.05, 3.63) is 53.9 Å². The van der Waals surface area contributed by atoms with E-state index >= 15 is 0 Å². The zero-order valence-corrected chi connectivity index (χ0v) is 14.6. The monoisotopic (exact) mass is 363 g/mol. The van der Waals surface area contributed by atoms with E-state index in [0.717, 1.165) is 31.5 Å². The standard InChI is InChI=1S/C17H18FN5O.ClH/c1-12-11-13(3-4-14(12)18)15-21-16(24-22-15)17(5-8-19-9-6-17)23-10-2-7-20-23;/h2-4,7,10-11,19H,5-6,8-9H2,1H3;1H. The third-order valence-electron chi connectivity index (χ3n) is 4.61. The highest BCUT2D eigenvalue weighted by Crippen LogP contribution is 2.34. The van der Waals surface area contributed by atoms with Crippen LogP contribution >= 0.6 is 12.4 Å². The van der Waals surface area contributed by atoms with Crippen molar-refractivity contribution < 1.29 is 8.91 Å². The highest BCUT2D eigenvalue weighted by Gasteiger charge is 2.41. The Morgan fingerprint density at radius 2 is 2.08 bits per heavy atom. The van der Waals surface area contributed by atoms with Crippen LogP contribution in [0.3, 0.4) is 0 Å². The fourth-order valence-corrected chi connectivity index (χ4v) is 3.22. The molecule has 3 heterocycles. The van der Waals surface area contributed by atoms with E-state index in [2.05, 4.69) is 20.6 Å². The molecule has 0 bridgehead atoms. The Balaban J connectivity index is 0.00000182. The molecule has 1 aliphatic rings. The van der Waals surface area contributed by atoms with E-state index < -0.39 is 5.54 Å². The Hall–Kier alpha value is -2.25. The molecule has 1 fully saturated rings. The lowest BCUT2D eigenvalue weighted by Crippen LogP contribution is -2.45. The van der Waals surface area contributed by atoms with Crippen molar-refractivity contribution >= 4 is 12.4 Å². The number of hydrogen-bond donors (Lipinski definition) is 1. The second-order valence-corrected chi connectivity index (χ2v) is 6.12. The molecule has 0 unspecified atom stereocenters. The lowest BCUT2D eigenvalue weighted by Gasteiger charge is -2.34. The summed E-state index contributed by atoms with van der Waals surface area (Å²) >= 11 is 0. The highest BCUT2D eigenvalue weighted by atomic mass is 35.5. The minimum atomic E-state index is -0.435. The Morgan fingerprint density at radius 1 is 1.28 bits per heavy atom. The van der Waals surface area contributed by atoms with Crippen molar-refractivity contribution in [3.63, 3.8) is 0 Å². The number of hydrogen-bond acceptors (Lipinski definition) is 5. The van der Waals surface area contributed by atoms with Crippen LogP contribution in [-0.4, -0.2) is 33.0 Å². The lowest BCUT2D eigenvalue weighted by molar-refractivity contribution is 0.172. The largest absolute Gasteiger partial charge is 0.336 e. The van der Waals surface area contributed by atoms with Gasteiger partial charge in [-0.1, -0.05) is 5.16 Å². The van der Waals surface area contributed by atoms with Gasteiger partial charge in [0.15, 0.2) is 0 Å². The van der Waals surface area contributed by atoms with E-state index in [-0.39, 0.29) is 18.2 Å². The Morgan fingerprint density at radius 3 is 2.76 bits per heavy atom. The van der Waals surface area contributed by atoms with Gasteiger partial charge in [-0.15, -0.1) is 12.4 Å². The van der Waals surface area contributed by atoms with Crippen LogP contribution in [0.4, 0.5) is 4.39 Å². The number of nitrogens with one attached hydrogen (secondary N) is 1. The molecule has 4 rings (SSSR count). The fourth-order valence-electron chi connectivity index (χ4n) is 3.22. The molecule has 0 saturated carbocycles. The number of piperidine rings is 1. The first-order valence-electron chi connectivity index (χ1n) is 8.01. The summed E-state index contributed by atoms with van der Waals surface area (Å²) in [7, 11) is 0. The maximum absolute atomic E-state index is 13.5. The number of aryl methyl sites for hydroxylation is 1. The molecule has 0 spiro atoms. The third kappa shape index (κ3) is 3.05. The smallest absolute Gasteiger partial charge is 0.255 e. The predicted molar refractivity (Wildman–Crippen MR) is 93.1 cm³/mol. The van der Waals surface area contributed by atoms with Gasteiger partial charge < -0.3 is 9.84 Å². The van der Waals surface area contributed by atoms with Crippen molar-refractivity contribution in [3.8, 4) is 11.4 Å². The predicted octanol–water partition coefficient (Wildman–Crippen LogP) is 2.93. The topological polar surface area (TPSA) is 68.8 Å². The van der Waals surface area contributed by atoms with Crippen LogP contribution in [0.25, 0.3) is 11.4 Å². The second-order valence-electron chi connectivity index (χ2n) is 6.12. The van der Waals surface area contributed by atoms with Crippen molar-refractivity contribution in [1.29, 1.82) is 0 Å². The van der Waals surface area contributed by atoms with E-state index in [1.807, 2.05) is 16.9 Å². The molecule has 1 aliphatic heterocycles. The minimum absolute atomic E-state index is 0. The van der Waals surface area contributed by atoms with E-state index in [9.17, 15) is 4.39 Å². The van der Waals surface area contributed by atoms with Gasteiger partial charge in [0.2, 0.25) is 5.82 Å². The molecule has 1 N–H and O–H groups in total. The summed E-state index contributed by atoms with van der Waals surface area (Å²) in [5, 5.41) is 11.9. The first-order chi connectivity index (χ1) is 11.7. The summed E-state index contributed by atoms with van der Waals surface area (Å²) in [6.45, 7) is 3.43. The van der Waals surface area contributed by atoms with Crippen molar-refractivity contribution in [1.82, 2.24) is 25.2 Å². The third-order valence-corrected chi connectivity index (χ3v) is 4.61. The lowest BCUT2D eigenvalue weighted by atomic mass is 9.88. The molecule has 8 heteroatoms. The van der Waals surface area contributed by atoms with Crippen LogP contribution in [0.1, 0.15) is 24.3 Å². The van der Waals surface area contributed by atoms with Gasteiger partial charge in [0.05, 0.1) is 0 Å². The normalized spacial score (nSPS) is 16.4. The summed E-state index contributed by atoms with van der Waals surface area (Å²) < 4.78 is 21.0. The molecular formula is C17H19ClFN5O. The molecule has 1 saturated heterocycles. The van der Waals surface area contributed by atoms with Gasteiger partial charge in [0, 0.05) is 18.0 Å². The maximum Gasteiger partial charge on any atom is 0.255 e. The maximum atomic E-state index is 13.5. The minimum Gasteiger partial charge on any atom is -0.336 e. The molecule has 1 aromatic carbocycles. The number of aromatic nitrogens is 4. The van der Waals surface area contributed by atoms with Gasteiger partial charge in [-0.2, -0.15) is 10.1 Å². The van der Waals surface area contributed by atoms with Gasteiger partial charge in [0.25, 0.3) is 5.89 Å². The van der Waals surface area contributed by atoms with Crippen molar-refractivity contribution in [2.45, 2.75) is 25.3 Å². The Labute approximate surface area is 150 Å². The van der Waals surface area contributed by atoms with Crippen molar-refractivity contribution in [2.24, 2.45) is 0 Å². The van der Waals surface area contributed by atoms with E-state index in [1.165, 1.54) is 6.07 Å². The first-order valence-corrected chi connectivity index (χ1v) is 8.01. The molecule has 6 nitrogen and oxygen atoms in total. The Kier molecular flexibility index (Phi) is 4.87. The summed E-state index contributed by atoms with van der Waals surface area (Å²) in [6.07, 6.45) is 5.32. The molecule has 132 valence electrons. The van der Waals surface area contributed by atoms with Crippen molar-refractivity contribution in [2.75, 3.05) is 13.1 Å². The van der Waals surface area contributed by atoms with Gasteiger partial charge in [-0.05, 0) is 62.7 Å². The van der Waals surface area contributed by atoms with Gasteiger partial charge >= 0.3 is 0 Å². The van der Waals surface area contributed by atoms with E-state index in [4.69, 9.17) is 4.52 Å². The first kappa shape index (κ1) is 17.6. The average molecular weight is 364 g/mol. The van der Waals surface area contributed by atoms with Crippen LogP contribution in [-0.2, 0) is 5.54 Å². The van der Waals surface area contributed by atoms with Crippen LogP contribution in [0.5, 0.6) is 0 Å². The molecule has 0 atom stereocenters. The summed E-state index contributed by atoms with van der Waals surface area (Å²) in [4.78, 5) is 4.61. The molecule has 0 amide bonds. The number of halogens is 2. The van der Waals surface area contributed by atoms with Crippen LogP contribution in [0.15, 0.2) is 41.2 Å². The van der Waals surface area contributed by atoms with Gasteiger partial charge in [-0.3, -0.25) is 4.68 Å².